The van der Waals surface area contributed by atoms with Crippen LogP contribution >= 0.6 is 24.8 Å². The number of nitrogens with one attached hydrogen (secondary N) is 2. The van der Waals surface area contributed by atoms with Gasteiger partial charge in [-0.2, -0.15) is 0 Å². The van der Waals surface area contributed by atoms with E-state index in [1.165, 1.54) is 11.1 Å². The molecule has 0 spiro atoms. The van der Waals surface area contributed by atoms with Crippen LogP contribution in [-0.2, 0) is 27.9 Å². The number of rotatable bonds is 10. The smallest absolute Gasteiger partial charge is 0.259 e. The molecule has 9 nitrogen and oxygen atoms in total. The molecule has 0 radical (unpaired) electrons. The Labute approximate surface area is 269 Å². The summed E-state index contributed by atoms with van der Waals surface area (Å²) < 4.78 is 5.20. The molecule has 0 saturated carbocycles. The normalized spacial score (nSPS) is 18.3. The minimum absolute atomic E-state index is 0. The Morgan fingerprint density at radius 1 is 1.16 bits per heavy atom. The molecule has 43 heavy (non-hydrogen) atoms. The third-order valence-corrected chi connectivity index (χ3v) is 7.89. The summed E-state index contributed by atoms with van der Waals surface area (Å²) in [5.74, 6) is 1.41. The molecule has 4 rings (SSSR count). The van der Waals surface area contributed by atoms with Gasteiger partial charge in [-0.3, -0.25) is 9.59 Å². The highest BCUT2D eigenvalue weighted by atomic mass is 35.5. The Hall–Kier alpha value is -2.46. The van der Waals surface area contributed by atoms with E-state index in [0.717, 1.165) is 19.4 Å². The molecule has 0 unspecified atom stereocenters. The quantitative estimate of drug-likeness (QED) is 0.364. The average molecular weight is 638 g/mol. The number of aromatic nitrogens is 2. The van der Waals surface area contributed by atoms with Crippen LogP contribution in [0.1, 0.15) is 74.8 Å². The van der Waals surface area contributed by atoms with Gasteiger partial charge in [-0.05, 0) is 36.3 Å². The van der Waals surface area contributed by atoms with E-state index in [9.17, 15) is 9.59 Å². The number of ether oxygens (including phenoxy) is 1. The maximum absolute atomic E-state index is 14.2. The first kappa shape index (κ1) is 36.7. The van der Waals surface area contributed by atoms with E-state index in [0.29, 0.717) is 63.0 Å². The van der Waals surface area contributed by atoms with Crippen molar-refractivity contribution in [1.82, 2.24) is 25.1 Å². The lowest BCUT2D eigenvalue weighted by Crippen LogP contribution is -2.55. The van der Waals surface area contributed by atoms with Crippen molar-refractivity contribution in [3.8, 4) is 0 Å². The number of fused-ring (bicyclic) bond motifs is 1. The van der Waals surface area contributed by atoms with Crippen LogP contribution in [0.25, 0.3) is 0 Å². The maximum Gasteiger partial charge on any atom is 0.259 e. The van der Waals surface area contributed by atoms with E-state index in [2.05, 4.69) is 68.4 Å². The summed E-state index contributed by atoms with van der Waals surface area (Å²) in [7, 11) is 1.68. The molecule has 2 aliphatic rings. The molecular formula is C32H50Cl2N6O3. The zero-order valence-corrected chi connectivity index (χ0v) is 28.2. The molecule has 1 aromatic heterocycles. The van der Waals surface area contributed by atoms with E-state index in [-0.39, 0.29) is 59.9 Å². The van der Waals surface area contributed by atoms with Crippen LogP contribution in [0.3, 0.4) is 0 Å². The van der Waals surface area contributed by atoms with E-state index in [4.69, 9.17) is 9.72 Å². The highest BCUT2D eigenvalue weighted by molar-refractivity contribution is 5.98. The second-order valence-electron chi connectivity index (χ2n) is 12.9. The van der Waals surface area contributed by atoms with Crippen molar-refractivity contribution in [1.29, 1.82) is 0 Å². The Kier molecular flexibility index (Phi) is 14.2. The molecule has 2 atom stereocenters. The van der Waals surface area contributed by atoms with E-state index < -0.39 is 0 Å². The van der Waals surface area contributed by atoms with Gasteiger partial charge in [0.1, 0.15) is 17.2 Å². The van der Waals surface area contributed by atoms with E-state index in [1.54, 1.807) is 13.3 Å². The van der Waals surface area contributed by atoms with Crippen LogP contribution in [-0.4, -0.2) is 84.1 Å². The van der Waals surface area contributed by atoms with E-state index >= 15 is 0 Å². The second-order valence-corrected chi connectivity index (χ2v) is 12.9. The Balaban J connectivity index is 0.00000323. The summed E-state index contributed by atoms with van der Waals surface area (Å²) >= 11 is 0. The first-order chi connectivity index (χ1) is 19.6. The molecule has 2 N–H and O–H groups in total. The van der Waals surface area contributed by atoms with E-state index in [1.807, 2.05) is 15.9 Å². The van der Waals surface area contributed by atoms with Crippen molar-refractivity contribution in [2.75, 3.05) is 51.8 Å². The number of piperidine rings is 1. The molecule has 1 aromatic carbocycles. The molecule has 0 aliphatic carbocycles. The van der Waals surface area contributed by atoms with Gasteiger partial charge in [0.25, 0.3) is 5.91 Å². The Morgan fingerprint density at radius 3 is 2.56 bits per heavy atom. The zero-order chi connectivity index (χ0) is 29.6. The molecule has 2 aliphatic heterocycles. The molecule has 1 fully saturated rings. The Bertz CT molecular complexity index is 1210. The van der Waals surface area contributed by atoms with Crippen LogP contribution < -0.4 is 10.6 Å². The summed E-state index contributed by atoms with van der Waals surface area (Å²) in [5, 5.41) is 6.85. The third-order valence-electron chi connectivity index (χ3n) is 7.89. The van der Waals surface area contributed by atoms with Crippen LogP contribution in [0.5, 0.6) is 0 Å². The van der Waals surface area contributed by atoms with Crippen molar-refractivity contribution in [3.63, 3.8) is 0 Å². The fourth-order valence-electron chi connectivity index (χ4n) is 5.69. The zero-order valence-electron chi connectivity index (χ0n) is 26.5. The number of carbonyl (C=O) groups excluding carboxylic acids is 2. The summed E-state index contributed by atoms with van der Waals surface area (Å²) in [6, 6.07) is 8.28. The molecule has 240 valence electrons. The topological polar surface area (TPSA) is 99.7 Å². The van der Waals surface area contributed by atoms with Gasteiger partial charge in [0.2, 0.25) is 5.91 Å². The van der Waals surface area contributed by atoms with Crippen LogP contribution in [0, 0.1) is 11.8 Å². The molecule has 2 aromatic rings. The number of hydrogen-bond acceptors (Lipinski definition) is 7. The summed E-state index contributed by atoms with van der Waals surface area (Å²) in [5.41, 5.74) is 2.78. The average Bonchev–Trinajstić information content (AvgIpc) is 2.96. The summed E-state index contributed by atoms with van der Waals surface area (Å²) in [6.45, 7) is 15.0. The molecule has 2 amide bonds. The number of benzene rings is 1. The van der Waals surface area contributed by atoms with Crippen molar-refractivity contribution in [2.45, 2.75) is 71.9 Å². The highest BCUT2D eigenvalue weighted by Crippen LogP contribution is 2.27. The summed E-state index contributed by atoms with van der Waals surface area (Å²) in [6.07, 6.45) is 3.99. The van der Waals surface area contributed by atoms with Gasteiger partial charge in [-0.15, -0.1) is 24.8 Å². The van der Waals surface area contributed by atoms with Gasteiger partial charge in [0, 0.05) is 70.6 Å². The largest absolute Gasteiger partial charge is 0.385 e. The third kappa shape index (κ3) is 9.51. The molecule has 3 heterocycles. The highest BCUT2D eigenvalue weighted by Gasteiger charge is 2.37. The summed E-state index contributed by atoms with van der Waals surface area (Å²) in [4.78, 5) is 41.3. The van der Waals surface area contributed by atoms with Crippen molar-refractivity contribution >= 4 is 42.4 Å². The van der Waals surface area contributed by atoms with Gasteiger partial charge >= 0.3 is 0 Å². The predicted molar refractivity (Wildman–Crippen MR) is 176 cm³/mol. The molecular weight excluding hydrogens is 587 g/mol. The number of amides is 2. The van der Waals surface area contributed by atoms with Gasteiger partial charge in [-0.1, -0.05) is 58.9 Å². The van der Waals surface area contributed by atoms with Crippen LogP contribution in [0.15, 0.2) is 30.5 Å². The number of methoxy groups -OCH3 is 1. The fourth-order valence-corrected chi connectivity index (χ4v) is 5.69. The van der Waals surface area contributed by atoms with Crippen molar-refractivity contribution < 1.29 is 14.3 Å². The van der Waals surface area contributed by atoms with Crippen molar-refractivity contribution in [2.24, 2.45) is 11.8 Å². The molecule has 1 saturated heterocycles. The number of anilines is 1. The van der Waals surface area contributed by atoms with Crippen LogP contribution in [0.2, 0.25) is 0 Å². The minimum atomic E-state index is -0.252. The Morgan fingerprint density at radius 2 is 1.88 bits per heavy atom. The second kappa shape index (κ2) is 16.6. The monoisotopic (exact) mass is 636 g/mol. The standard InChI is InChI=1S/C32H48N6O3.2ClH/c1-22(2)20-38(30(40)27-19-35-31(32(3,4)5)36-28(27)34-13-9-15-41-6)26-16-25(17-33-18-26)29(39)37-14-12-23-10-7-8-11-24(23)21-37;;/h7-8,10-11,19,22,25-26,33H,9,12-18,20-21H2,1-6H3,(H,34,35,36);2*1H/t25-,26+;;/m1../s1. The van der Waals surface area contributed by atoms with Crippen LogP contribution in [0.4, 0.5) is 5.82 Å². The molecule has 11 heteroatoms. The SMILES string of the molecule is COCCCNc1nc(C(C)(C)C)ncc1C(=O)N(CC(C)C)[C@@H]1CNC[C@H](C(=O)N2CCc3ccccc3C2)C1.Cl.Cl. The first-order valence-electron chi connectivity index (χ1n) is 15.1. The van der Waals surface area contributed by atoms with Gasteiger partial charge < -0.3 is 25.2 Å². The fraction of sp³-hybridized carbons (Fsp3) is 0.625. The lowest BCUT2D eigenvalue weighted by molar-refractivity contribution is -0.137. The maximum atomic E-state index is 14.2. The number of hydrogen-bond donors (Lipinski definition) is 2. The van der Waals surface area contributed by atoms with Gasteiger partial charge in [0.15, 0.2) is 0 Å². The molecule has 0 bridgehead atoms. The van der Waals surface area contributed by atoms with Gasteiger partial charge in [-0.25, -0.2) is 9.97 Å². The number of halogens is 2. The first-order valence-corrected chi connectivity index (χ1v) is 15.1. The minimum Gasteiger partial charge on any atom is -0.385 e. The predicted octanol–water partition coefficient (Wildman–Crippen LogP) is 4.73. The van der Waals surface area contributed by atoms with Gasteiger partial charge in [0.05, 0.1) is 5.92 Å². The lowest BCUT2D eigenvalue weighted by atomic mass is 9.91. The lowest BCUT2D eigenvalue weighted by Gasteiger charge is -2.40. The number of carbonyl (C=O) groups is 2. The number of nitrogens with zero attached hydrogens (tertiary/aromatic N) is 4. The van der Waals surface area contributed by atoms with Crippen molar-refractivity contribution in [3.05, 3.63) is 53.0 Å².